The highest BCUT2D eigenvalue weighted by Gasteiger charge is 2.48. The predicted molar refractivity (Wildman–Crippen MR) is 74.3 cm³/mol. The number of hydrogen-bond donors (Lipinski definition) is 1. The first-order chi connectivity index (χ1) is 9.35. The first-order valence-electron chi connectivity index (χ1n) is 7.11. The fourth-order valence-electron chi connectivity index (χ4n) is 3.21. The molecule has 3 unspecified atom stereocenters. The predicted octanol–water partition coefficient (Wildman–Crippen LogP) is 3.43. The van der Waals surface area contributed by atoms with Gasteiger partial charge in [-0.1, -0.05) is 0 Å². The molecule has 0 aromatic heterocycles. The Morgan fingerprint density at radius 3 is 1.95 bits per heavy atom. The topological polar surface area (TPSA) is 43.8 Å². The Morgan fingerprint density at radius 2 is 1.62 bits per heavy atom. The highest BCUT2D eigenvalue weighted by atomic mass is 19.4. The molecule has 4 nitrogen and oxygen atoms in total. The van der Waals surface area contributed by atoms with Gasteiger partial charge in [-0.2, -0.15) is 13.2 Å². The van der Waals surface area contributed by atoms with Crippen LogP contribution in [0.5, 0.6) is 0 Å². The van der Waals surface area contributed by atoms with E-state index in [0.717, 1.165) is 0 Å². The number of rotatable bonds is 2. The van der Waals surface area contributed by atoms with Crippen LogP contribution in [0.4, 0.5) is 18.0 Å². The first-order valence-corrected chi connectivity index (χ1v) is 7.11. The van der Waals surface area contributed by atoms with Gasteiger partial charge in [-0.3, -0.25) is 4.90 Å². The van der Waals surface area contributed by atoms with Crippen molar-refractivity contribution in [1.29, 1.82) is 0 Å². The standard InChI is InChI=1S/C14H25F3N2O2/c1-13(2,3)19(12(20)21)10-7-6-9(14(15,16)17)8-11(10)18(4)5/h9-11H,6-8H2,1-5H3,(H,20,21). The van der Waals surface area contributed by atoms with Crippen LogP contribution in [0.15, 0.2) is 0 Å². The van der Waals surface area contributed by atoms with E-state index in [4.69, 9.17) is 0 Å². The zero-order valence-electron chi connectivity index (χ0n) is 13.2. The third-order valence-corrected chi connectivity index (χ3v) is 4.17. The molecule has 21 heavy (non-hydrogen) atoms. The zero-order valence-corrected chi connectivity index (χ0v) is 13.2. The lowest BCUT2D eigenvalue weighted by atomic mass is 9.79. The van der Waals surface area contributed by atoms with Crippen molar-refractivity contribution in [2.75, 3.05) is 14.1 Å². The van der Waals surface area contributed by atoms with Gasteiger partial charge in [0, 0.05) is 11.6 Å². The van der Waals surface area contributed by atoms with Crippen molar-refractivity contribution in [3.8, 4) is 0 Å². The lowest BCUT2D eigenvalue weighted by Gasteiger charge is -2.48. The maximum atomic E-state index is 13.0. The average molecular weight is 310 g/mol. The summed E-state index contributed by atoms with van der Waals surface area (Å²) in [6.45, 7) is 5.30. The molecule has 1 rings (SSSR count). The fourth-order valence-corrected chi connectivity index (χ4v) is 3.21. The van der Waals surface area contributed by atoms with Crippen LogP contribution in [0.1, 0.15) is 40.0 Å². The van der Waals surface area contributed by atoms with Gasteiger partial charge in [0.15, 0.2) is 0 Å². The molecule has 1 aliphatic carbocycles. The van der Waals surface area contributed by atoms with Crippen molar-refractivity contribution in [1.82, 2.24) is 9.80 Å². The second-order valence-corrected chi connectivity index (χ2v) is 6.97. The molecule has 1 amide bonds. The summed E-state index contributed by atoms with van der Waals surface area (Å²) >= 11 is 0. The number of amides is 1. The van der Waals surface area contributed by atoms with Gasteiger partial charge in [0.1, 0.15) is 0 Å². The summed E-state index contributed by atoms with van der Waals surface area (Å²) in [7, 11) is 3.41. The van der Waals surface area contributed by atoms with Gasteiger partial charge in [0.2, 0.25) is 0 Å². The van der Waals surface area contributed by atoms with Gasteiger partial charge in [-0.05, 0) is 54.1 Å². The van der Waals surface area contributed by atoms with E-state index in [1.165, 1.54) is 4.90 Å². The molecule has 0 bridgehead atoms. The normalized spacial score (nSPS) is 27.8. The lowest BCUT2D eigenvalue weighted by molar-refractivity contribution is -0.190. The molecule has 1 aliphatic rings. The van der Waals surface area contributed by atoms with E-state index in [2.05, 4.69) is 0 Å². The molecule has 0 radical (unpaired) electrons. The van der Waals surface area contributed by atoms with Crippen LogP contribution in [0.2, 0.25) is 0 Å². The molecule has 0 aliphatic heterocycles. The van der Waals surface area contributed by atoms with Crippen LogP contribution < -0.4 is 0 Å². The monoisotopic (exact) mass is 310 g/mol. The summed E-state index contributed by atoms with van der Waals surface area (Å²) in [5.41, 5.74) is -0.643. The summed E-state index contributed by atoms with van der Waals surface area (Å²) in [6, 6.07) is -0.850. The van der Waals surface area contributed by atoms with Crippen molar-refractivity contribution in [3.05, 3.63) is 0 Å². The molecule has 1 fully saturated rings. The lowest BCUT2D eigenvalue weighted by Crippen LogP contribution is -2.60. The SMILES string of the molecule is CN(C)C1CC(C(F)(F)F)CCC1N(C(=O)O)C(C)(C)C. The number of carboxylic acid groups (broad SMARTS) is 1. The van der Waals surface area contributed by atoms with Gasteiger partial charge < -0.3 is 10.0 Å². The highest BCUT2D eigenvalue weighted by molar-refractivity contribution is 5.66. The van der Waals surface area contributed by atoms with Crippen LogP contribution >= 0.6 is 0 Å². The third kappa shape index (κ3) is 4.25. The van der Waals surface area contributed by atoms with Crippen molar-refractivity contribution in [2.24, 2.45) is 5.92 Å². The van der Waals surface area contributed by atoms with Crippen LogP contribution in [0.25, 0.3) is 0 Å². The fraction of sp³-hybridized carbons (Fsp3) is 0.929. The first kappa shape index (κ1) is 18.1. The maximum Gasteiger partial charge on any atom is 0.408 e. The molecule has 124 valence electrons. The largest absolute Gasteiger partial charge is 0.465 e. The highest BCUT2D eigenvalue weighted by Crippen LogP contribution is 2.41. The summed E-state index contributed by atoms with van der Waals surface area (Å²) in [6.07, 6.45) is -5.13. The Morgan fingerprint density at radius 1 is 1.10 bits per heavy atom. The number of halogens is 3. The summed E-state index contributed by atoms with van der Waals surface area (Å²) in [4.78, 5) is 14.6. The van der Waals surface area contributed by atoms with E-state index >= 15 is 0 Å². The van der Waals surface area contributed by atoms with Gasteiger partial charge in [-0.15, -0.1) is 0 Å². The smallest absolute Gasteiger partial charge is 0.408 e. The minimum absolute atomic E-state index is 0.0155. The molecule has 0 saturated heterocycles. The van der Waals surface area contributed by atoms with E-state index in [9.17, 15) is 23.1 Å². The number of likely N-dealkylation sites (N-methyl/N-ethyl adjacent to an activating group) is 1. The van der Waals surface area contributed by atoms with Gasteiger partial charge in [-0.25, -0.2) is 4.79 Å². The van der Waals surface area contributed by atoms with Crippen LogP contribution in [0.3, 0.4) is 0 Å². The van der Waals surface area contributed by atoms with Crippen molar-refractivity contribution < 1.29 is 23.1 Å². The summed E-state index contributed by atoms with van der Waals surface area (Å²) in [5, 5.41) is 9.47. The molecular weight excluding hydrogens is 285 g/mol. The molecule has 0 aromatic carbocycles. The molecule has 0 spiro atoms. The second-order valence-electron chi connectivity index (χ2n) is 6.97. The van der Waals surface area contributed by atoms with Crippen LogP contribution in [0, 0.1) is 5.92 Å². The van der Waals surface area contributed by atoms with Crippen molar-refractivity contribution in [3.63, 3.8) is 0 Å². The molecule has 3 atom stereocenters. The van der Waals surface area contributed by atoms with Crippen molar-refractivity contribution >= 4 is 6.09 Å². The maximum absolute atomic E-state index is 13.0. The van der Waals surface area contributed by atoms with Crippen molar-refractivity contribution in [2.45, 2.75) is 63.8 Å². The Bertz CT molecular complexity index is 377. The Labute approximate surface area is 123 Å². The molecule has 0 heterocycles. The van der Waals surface area contributed by atoms with Gasteiger partial charge in [0.05, 0.1) is 12.0 Å². The van der Waals surface area contributed by atoms with E-state index in [1.54, 1.807) is 39.8 Å². The third-order valence-electron chi connectivity index (χ3n) is 4.17. The van der Waals surface area contributed by atoms with Crippen LogP contribution in [-0.2, 0) is 0 Å². The summed E-state index contributed by atoms with van der Waals surface area (Å²) in [5.74, 6) is -1.35. The van der Waals surface area contributed by atoms with E-state index in [1.807, 2.05) is 0 Å². The minimum atomic E-state index is -4.21. The number of alkyl halides is 3. The number of hydrogen-bond acceptors (Lipinski definition) is 2. The van der Waals surface area contributed by atoms with Gasteiger partial charge >= 0.3 is 12.3 Å². The zero-order chi connectivity index (χ0) is 16.6. The number of carbonyl (C=O) groups is 1. The molecule has 0 aromatic rings. The Kier molecular flexibility index (Phi) is 5.18. The molecular formula is C14H25F3N2O2. The van der Waals surface area contributed by atoms with E-state index in [0.29, 0.717) is 0 Å². The Hall–Kier alpha value is -0.980. The summed E-state index contributed by atoms with van der Waals surface area (Å²) < 4.78 is 38.9. The second kappa shape index (κ2) is 6.02. The molecule has 1 saturated carbocycles. The van der Waals surface area contributed by atoms with Gasteiger partial charge in [0.25, 0.3) is 0 Å². The quantitative estimate of drug-likeness (QED) is 0.850. The van der Waals surface area contributed by atoms with Crippen LogP contribution in [-0.4, -0.2) is 58.9 Å². The van der Waals surface area contributed by atoms with E-state index in [-0.39, 0.29) is 19.3 Å². The molecule has 1 N–H and O–H groups in total. The average Bonchev–Trinajstić information content (AvgIpc) is 2.24. The Balaban J connectivity index is 3.04. The molecule has 7 heteroatoms. The number of nitrogens with zero attached hydrogens (tertiary/aromatic N) is 2. The van der Waals surface area contributed by atoms with E-state index < -0.39 is 35.8 Å². The minimum Gasteiger partial charge on any atom is -0.465 e.